The van der Waals surface area contributed by atoms with E-state index >= 15 is 0 Å². The van der Waals surface area contributed by atoms with Crippen molar-refractivity contribution in [3.8, 4) is 0 Å². The van der Waals surface area contributed by atoms with Crippen molar-refractivity contribution in [2.24, 2.45) is 0 Å². The van der Waals surface area contributed by atoms with Gasteiger partial charge < -0.3 is 5.32 Å². The van der Waals surface area contributed by atoms with Gasteiger partial charge in [-0.1, -0.05) is 24.3 Å². The Morgan fingerprint density at radius 2 is 1.76 bits per heavy atom. The van der Waals surface area contributed by atoms with E-state index in [0.717, 1.165) is 36.8 Å². The Morgan fingerprint density at radius 3 is 2.52 bits per heavy atom. The van der Waals surface area contributed by atoms with Crippen LogP contribution in [0, 0.1) is 6.92 Å². The van der Waals surface area contributed by atoms with E-state index in [1.54, 1.807) is 18.2 Å². The summed E-state index contributed by atoms with van der Waals surface area (Å²) < 4.78 is 27.3. The number of hydrogen-bond acceptors (Lipinski definition) is 3. The van der Waals surface area contributed by atoms with Crippen molar-refractivity contribution in [3.63, 3.8) is 0 Å². The molecular weight excluding hydrogens is 336 g/mol. The van der Waals surface area contributed by atoms with Gasteiger partial charge in [-0.05, 0) is 67.5 Å². The normalized spacial score (nSPS) is 14.0. The van der Waals surface area contributed by atoms with Gasteiger partial charge in [0.05, 0.1) is 11.4 Å². The maximum absolute atomic E-state index is 12.5. The third kappa shape index (κ3) is 4.27. The summed E-state index contributed by atoms with van der Waals surface area (Å²) in [6.45, 7) is 1.58. The molecule has 0 radical (unpaired) electrons. The van der Waals surface area contributed by atoms with Gasteiger partial charge in [-0.25, -0.2) is 13.1 Å². The van der Waals surface area contributed by atoms with Crippen molar-refractivity contribution in [2.75, 3.05) is 11.9 Å². The molecule has 0 saturated heterocycles. The van der Waals surface area contributed by atoms with Crippen LogP contribution in [-0.2, 0) is 27.7 Å². The van der Waals surface area contributed by atoms with Gasteiger partial charge in [0.1, 0.15) is 0 Å². The van der Waals surface area contributed by atoms with E-state index < -0.39 is 15.9 Å². The summed E-state index contributed by atoms with van der Waals surface area (Å²) in [6.07, 6.45) is 4.15. The quantitative estimate of drug-likeness (QED) is 0.863. The highest BCUT2D eigenvalue weighted by atomic mass is 32.2. The van der Waals surface area contributed by atoms with E-state index in [4.69, 9.17) is 0 Å². The Morgan fingerprint density at radius 1 is 1.04 bits per heavy atom. The van der Waals surface area contributed by atoms with Gasteiger partial charge in [-0.15, -0.1) is 0 Å². The first-order valence-electron chi connectivity index (χ1n) is 8.43. The maximum atomic E-state index is 12.5. The summed E-state index contributed by atoms with van der Waals surface area (Å²) >= 11 is 0. The van der Waals surface area contributed by atoms with Gasteiger partial charge in [0, 0.05) is 5.69 Å². The molecule has 2 N–H and O–H groups in total. The van der Waals surface area contributed by atoms with Crippen LogP contribution >= 0.6 is 0 Å². The molecule has 25 heavy (non-hydrogen) atoms. The Hall–Kier alpha value is -2.18. The predicted molar refractivity (Wildman–Crippen MR) is 98.1 cm³/mol. The van der Waals surface area contributed by atoms with Crippen LogP contribution in [0.25, 0.3) is 0 Å². The lowest BCUT2D eigenvalue weighted by Crippen LogP contribution is -2.33. The van der Waals surface area contributed by atoms with Crippen molar-refractivity contribution in [1.82, 2.24) is 4.72 Å². The minimum absolute atomic E-state index is 0.219. The zero-order valence-corrected chi connectivity index (χ0v) is 15.0. The molecule has 1 aliphatic rings. The highest BCUT2D eigenvalue weighted by Gasteiger charge is 2.18. The highest BCUT2D eigenvalue weighted by molar-refractivity contribution is 7.89. The largest absolute Gasteiger partial charge is 0.325 e. The van der Waals surface area contributed by atoms with Gasteiger partial charge in [-0.2, -0.15) is 0 Å². The number of para-hydroxylation sites is 1. The monoisotopic (exact) mass is 358 g/mol. The van der Waals surface area contributed by atoms with E-state index in [1.807, 2.05) is 31.2 Å². The van der Waals surface area contributed by atoms with E-state index in [9.17, 15) is 13.2 Å². The van der Waals surface area contributed by atoms with Crippen molar-refractivity contribution in [1.29, 1.82) is 0 Å². The van der Waals surface area contributed by atoms with Crippen LogP contribution in [0.15, 0.2) is 47.4 Å². The van der Waals surface area contributed by atoms with E-state index in [2.05, 4.69) is 10.0 Å². The van der Waals surface area contributed by atoms with Crippen LogP contribution in [0.4, 0.5) is 5.69 Å². The molecule has 6 heteroatoms. The number of hydrogen-bond donors (Lipinski definition) is 2. The second kappa shape index (κ2) is 7.37. The van der Waals surface area contributed by atoms with Crippen molar-refractivity contribution in [3.05, 3.63) is 59.2 Å². The summed E-state index contributed by atoms with van der Waals surface area (Å²) in [7, 11) is -3.70. The van der Waals surface area contributed by atoms with Crippen molar-refractivity contribution < 1.29 is 13.2 Å². The van der Waals surface area contributed by atoms with Gasteiger partial charge in [-0.3, -0.25) is 4.79 Å². The number of amides is 1. The first-order valence-corrected chi connectivity index (χ1v) is 9.91. The second-order valence-corrected chi connectivity index (χ2v) is 8.09. The molecule has 0 spiro atoms. The molecule has 2 aromatic rings. The molecule has 5 nitrogen and oxygen atoms in total. The Balaban J connectivity index is 1.65. The van der Waals surface area contributed by atoms with Crippen LogP contribution in [0.5, 0.6) is 0 Å². The minimum Gasteiger partial charge on any atom is -0.325 e. The summed E-state index contributed by atoms with van der Waals surface area (Å²) in [5.74, 6) is -0.393. The third-order valence-corrected chi connectivity index (χ3v) is 5.87. The number of carbonyl (C=O) groups is 1. The van der Waals surface area contributed by atoms with Gasteiger partial charge in [0.25, 0.3) is 0 Å². The number of nitrogens with one attached hydrogen (secondary N) is 2. The molecule has 3 rings (SSSR count). The van der Waals surface area contributed by atoms with Crippen LogP contribution < -0.4 is 10.0 Å². The first-order chi connectivity index (χ1) is 12.0. The molecule has 0 heterocycles. The molecule has 0 fully saturated rings. The van der Waals surface area contributed by atoms with Crippen LogP contribution in [-0.4, -0.2) is 20.9 Å². The number of aryl methyl sites for hydroxylation is 3. The fraction of sp³-hybridized carbons (Fsp3) is 0.316. The molecule has 0 unspecified atom stereocenters. The summed E-state index contributed by atoms with van der Waals surface area (Å²) in [4.78, 5) is 12.3. The summed E-state index contributed by atoms with van der Waals surface area (Å²) in [6, 6.07) is 12.6. The fourth-order valence-corrected chi connectivity index (χ4v) is 4.06. The lowest BCUT2D eigenvalue weighted by molar-refractivity contribution is -0.115. The zero-order chi connectivity index (χ0) is 17.9. The number of benzene rings is 2. The van der Waals surface area contributed by atoms with Crippen LogP contribution in [0.3, 0.4) is 0 Å². The SMILES string of the molecule is Cc1ccccc1NC(=O)CNS(=O)(=O)c1ccc2c(c1)CCCC2. The molecule has 0 aromatic heterocycles. The smallest absolute Gasteiger partial charge is 0.241 e. The molecule has 1 amide bonds. The average Bonchev–Trinajstić information content (AvgIpc) is 2.62. The van der Waals surface area contributed by atoms with E-state index in [-0.39, 0.29) is 11.4 Å². The number of fused-ring (bicyclic) bond motifs is 1. The van der Waals surface area contributed by atoms with Crippen molar-refractivity contribution in [2.45, 2.75) is 37.5 Å². The summed E-state index contributed by atoms with van der Waals surface area (Å²) in [5, 5.41) is 2.72. The Labute approximate surface area is 148 Å². The summed E-state index contributed by atoms with van der Waals surface area (Å²) in [5.41, 5.74) is 3.93. The Kier molecular flexibility index (Phi) is 5.20. The number of sulfonamides is 1. The molecule has 1 aliphatic carbocycles. The second-order valence-electron chi connectivity index (χ2n) is 6.33. The molecular formula is C19H22N2O3S. The molecule has 0 aliphatic heterocycles. The van der Waals surface area contributed by atoms with Crippen molar-refractivity contribution >= 4 is 21.6 Å². The molecule has 0 atom stereocenters. The standard InChI is InChI=1S/C19H22N2O3S/c1-14-6-2-5-9-18(14)21-19(22)13-20-25(23,24)17-11-10-15-7-3-4-8-16(15)12-17/h2,5-6,9-12,20H,3-4,7-8,13H2,1H3,(H,21,22). The Bertz CT molecular complexity index is 891. The van der Waals surface area contributed by atoms with Gasteiger partial charge >= 0.3 is 0 Å². The first kappa shape index (κ1) is 17.6. The maximum Gasteiger partial charge on any atom is 0.241 e. The van der Waals surface area contributed by atoms with Gasteiger partial charge in [0.15, 0.2) is 0 Å². The molecule has 2 aromatic carbocycles. The van der Waals surface area contributed by atoms with Gasteiger partial charge in [0.2, 0.25) is 15.9 Å². The lowest BCUT2D eigenvalue weighted by Gasteiger charge is -2.16. The fourth-order valence-electron chi connectivity index (χ4n) is 3.03. The van der Waals surface area contributed by atoms with Crippen LogP contribution in [0.2, 0.25) is 0 Å². The number of carbonyl (C=O) groups excluding carboxylic acids is 1. The molecule has 0 saturated carbocycles. The number of anilines is 1. The molecule has 132 valence electrons. The number of rotatable bonds is 5. The minimum atomic E-state index is -3.70. The van der Waals surface area contributed by atoms with Crippen LogP contribution in [0.1, 0.15) is 29.5 Å². The molecule has 0 bridgehead atoms. The van der Waals surface area contributed by atoms with E-state index in [0.29, 0.717) is 5.69 Å². The highest BCUT2D eigenvalue weighted by Crippen LogP contribution is 2.24. The predicted octanol–water partition coefficient (Wildman–Crippen LogP) is 2.79. The zero-order valence-electron chi connectivity index (χ0n) is 14.2. The average molecular weight is 358 g/mol. The lowest BCUT2D eigenvalue weighted by atomic mass is 9.92. The van der Waals surface area contributed by atoms with E-state index in [1.165, 1.54) is 5.56 Å². The third-order valence-electron chi connectivity index (χ3n) is 4.47. The topological polar surface area (TPSA) is 75.3 Å².